The number of hydrogen-bond acceptors (Lipinski definition) is 2. The van der Waals surface area contributed by atoms with E-state index < -0.39 is 0 Å². The zero-order valence-corrected chi connectivity index (χ0v) is 14.4. The van der Waals surface area contributed by atoms with Crippen molar-refractivity contribution >= 4 is 34.8 Å². The van der Waals surface area contributed by atoms with Crippen molar-refractivity contribution in [1.29, 1.82) is 0 Å². The summed E-state index contributed by atoms with van der Waals surface area (Å²) in [7, 11) is 0. The van der Waals surface area contributed by atoms with Gasteiger partial charge in [-0.15, -0.1) is 0 Å². The SMILES string of the molecule is CCCCC(=O)Nc1cccc(NC(=O)Cc2ccc(Cl)cc2)c1. The number of unbranched alkanes of at least 4 members (excludes halogenated alkanes) is 1. The molecule has 0 atom stereocenters. The number of carbonyl (C=O) groups excluding carboxylic acids is 2. The van der Waals surface area contributed by atoms with Gasteiger partial charge in [-0.3, -0.25) is 9.59 Å². The monoisotopic (exact) mass is 344 g/mol. The van der Waals surface area contributed by atoms with Crippen LogP contribution in [-0.4, -0.2) is 11.8 Å². The third kappa shape index (κ3) is 6.05. The zero-order valence-electron chi connectivity index (χ0n) is 13.6. The van der Waals surface area contributed by atoms with Crippen molar-refractivity contribution in [2.24, 2.45) is 0 Å². The van der Waals surface area contributed by atoms with E-state index in [1.54, 1.807) is 36.4 Å². The first-order chi connectivity index (χ1) is 11.6. The fourth-order valence-corrected chi connectivity index (χ4v) is 2.35. The van der Waals surface area contributed by atoms with Gasteiger partial charge in [0.2, 0.25) is 11.8 Å². The van der Waals surface area contributed by atoms with Crippen molar-refractivity contribution in [3.63, 3.8) is 0 Å². The van der Waals surface area contributed by atoms with E-state index >= 15 is 0 Å². The molecule has 0 aliphatic rings. The Bertz CT molecular complexity index is 699. The second-order valence-electron chi connectivity index (χ2n) is 5.58. The minimum absolute atomic E-state index is 0.0125. The summed E-state index contributed by atoms with van der Waals surface area (Å²) in [6, 6.07) is 14.3. The Morgan fingerprint density at radius 1 is 0.958 bits per heavy atom. The molecule has 0 saturated carbocycles. The normalized spacial score (nSPS) is 10.2. The predicted molar refractivity (Wildman–Crippen MR) is 98.4 cm³/mol. The van der Waals surface area contributed by atoms with Crippen LogP contribution in [0.1, 0.15) is 31.7 Å². The molecule has 0 aliphatic carbocycles. The Labute approximate surface area is 147 Å². The van der Waals surface area contributed by atoms with Crippen molar-refractivity contribution < 1.29 is 9.59 Å². The fourth-order valence-electron chi connectivity index (χ4n) is 2.23. The van der Waals surface area contributed by atoms with E-state index in [2.05, 4.69) is 10.6 Å². The number of amides is 2. The smallest absolute Gasteiger partial charge is 0.228 e. The van der Waals surface area contributed by atoms with Gasteiger partial charge < -0.3 is 10.6 Å². The van der Waals surface area contributed by atoms with Crippen LogP contribution < -0.4 is 10.6 Å². The summed E-state index contributed by atoms with van der Waals surface area (Å²) < 4.78 is 0. The van der Waals surface area contributed by atoms with E-state index in [-0.39, 0.29) is 18.2 Å². The van der Waals surface area contributed by atoms with E-state index in [1.807, 2.05) is 19.1 Å². The van der Waals surface area contributed by atoms with Crippen LogP contribution in [0.4, 0.5) is 11.4 Å². The highest BCUT2D eigenvalue weighted by Gasteiger charge is 2.06. The molecule has 0 radical (unpaired) electrons. The minimum atomic E-state index is -0.119. The lowest BCUT2D eigenvalue weighted by Gasteiger charge is -2.09. The number of anilines is 2. The highest BCUT2D eigenvalue weighted by atomic mass is 35.5. The summed E-state index contributed by atoms with van der Waals surface area (Å²) in [6.07, 6.45) is 2.62. The maximum atomic E-state index is 12.1. The Kier molecular flexibility index (Phi) is 6.82. The number of halogens is 1. The standard InChI is InChI=1S/C19H21ClN2O2/c1-2-3-7-18(23)21-16-5-4-6-17(13-16)22-19(24)12-14-8-10-15(20)11-9-14/h4-6,8-11,13H,2-3,7,12H2,1H3,(H,21,23)(H,22,24). The van der Waals surface area contributed by atoms with Crippen molar-refractivity contribution in [2.75, 3.05) is 10.6 Å². The molecule has 2 aromatic rings. The Hall–Kier alpha value is -2.33. The number of nitrogens with one attached hydrogen (secondary N) is 2. The van der Waals surface area contributed by atoms with E-state index in [1.165, 1.54) is 0 Å². The van der Waals surface area contributed by atoms with Crippen LogP contribution >= 0.6 is 11.6 Å². The Morgan fingerprint density at radius 2 is 1.58 bits per heavy atom. The summed E-state index contributed by atoms with van der Waals surface area (Å²) >= 11 is 5.83. The van der Waals surface area contributed by atoms with Crippen LogP contribution in [0, 0.1) is 0 Å². The number of benzene rings is 2. The van der Waals surface area contributed by atoms with Gasteiger partial charge in [-0.05, 0) is 42.3 Å². The van der Waals surface area contributed by atoms with E-state index in [9.17, 15) is 9.59 Å². The summed E-state index contributed by atoms with van der Waals surface area (Å²) in [5.74, 6) is -0.131. The van der Waals surface area contributed by atoms with Gasteiger partial charge in [0.1, 0.15) is 0 Å². The Balaban J connectivity index is 1.92. The molecular weight excluding hydrogens is 324 g/mol. The summed E-state index contributed by atoms with van der Waals surface area (Å²) in [5, 5.41) is 6.32. The third-order valence-corrected chi connectivity index (χ3v) is 3.72. The highest BCUT2D eigenvalue weighted by Crippen LogP contribution is 2.16. The molecule has 0 unspecified atom stereocenters. The number of hydrogen-bond donors (Lipinski definition) is 2. The first-order valence-electron chi connectivity index (χ1n) is 8.01. The van der Waals surface area contributed by atoms with E-state index in [0.29, 0.717) is 22.8 Å². The molecule has 0 saturated heterocycles. The molecule has 0 fully saturated rings. The average Bonchev–Trinajstić information content (AvgIpc) is 2.55. The summed E-state index contributed by atoms with van der Waals surface area (Å²) in [6.45, 7) is 2.05. The molecular formula is C19H21ClN2O2. The van der Waals surface area contributed by atoms with Crippen molar-refractivity contribution in [1.82, 2.24) is 0 Å². The van der Waals surface area contributed by atoms with Gasteiger partial charge in [-0.25, -0.2) is 0 Å². The van der Waals surface area contributed by atoms with Crippen molar-refractivity contribution in [3.05, 3.63) is 59.1 Å². The molecule has 0 bridgehead atoms. The lowest BCUT2D eigenvalue weighted by Crippen LogP contribution is -2.15. The molecule has 126 valence electrons. The summed E-state index contributed by atoms with van der Waals surface area (Å²) in [4.78, 5) is 23.9. The molecule has 2 N–H and O–H groups in total. The maximum Gasteiger partial charge on any atom is 0.228 e. The molecule has 5 heteroatoms. The highest BCUT2D eigenvalue weighted by molar-refractivity contribution is 6.30. The molecule has 4 nitrogen and oxygen atoms in total. The molecule has 24 heavy (non-hydrogen) atoms. The van der Waals surface area contributed by atoms with Gasteiger partial charge in [0.15, 0.2) is 0 Å². The second kappa shape index (κ2) is 9.08. The maximum absolute atomic E-state index is 12.1. The predicted octanol–water partition coefficient (Wildman–Crippen LogP) is 4.65. The third-order valence-electron chi connectivity index (χ3n) is 3.47. The van der Waals surface area contributed by atoms with Crippen LogP contribution in [0.25, 0.3) is 0 Å². The van der Waals surface area contributed by atoms with Gasteiger partial charge in [0.25, 0.3) is 0 Å². The van der Waals surface area contributed by atoms with Gasteiger partial charge >= 0.3 is 0 Å². The summed E-state index contributed by atoms with van der Waals surface area (Å²) in [5.41, 5.74) is 2.23. The molecule has 2 rings (SSSR count). The van der Waals surface area contributed by atoms with Crippen LogP contribution in [0.15, 0.2) is 48.5 Å². The number of carbonyl (C=O) groups is 2. The van der Waals surface area contributed by atoms with E-state index in [4.69, 9.17) is 11.6 Å². The first-order valence-corrected chi connectivity index (χ1v) is 8.39. The largest absolute Gasteiger partial charge is 0.326 e. The Morgan fingerprint density at radius 3 is 2.21 bits per heavy atom. The molecule has 0 aromatic heterocycles. The van der Waals surface area contributed by atoms with Gasteiger partial charge in [0.05, 0.1) is 6.42 Å². The zero-order chi connectivity index (χ0) is 17.4. The van der Waals surface area contributed by atoms with Gasteiger partial charge in [-0.2, -0.15) is 0 Å². The lowest BCUT2D eigenvalue weighted by atomic mass is 10.1. The lowest BCUT2D eigenvalue weighted by molar-refractivity contribution is -0.116. The molecule has 0 heterocycles. The van der Waals surface area contributed by atoms with Crippen LogP contribution in [0.2, 0.25) is 5.02 Å². The number of rotatable bonds is 7. The van der Waals surface area contributed by atoms with Gasteiger partial charge in [-0.1, -0.05) is 43.1 Å². The first kappa shape index (κ1) is 18.0. The molecule has 0 aliphatic heterocycles. The quantitative estimate of drug-likeness (QED) is 0.768. The average molecular weight is 345 g/mol. The van der Waals surface area contributed by atoms with Gasteiger partial charge in [0, 0.05) is 22.8 Å². The topological polar surface area (TPSA) is 58.2 Å². The fraction of sp³-hybridized carbons (Fsp3) is 0.263. The minimum Gasteiger partial charge on any atom is -0.326 e. The van der Waals surface area contributed by atoms with Crippen LogP contribution in [-0.2, 0) is 16.0 Å². The second-order valence-corrected chi connectivity index (χ2v) is 6.02. The van der Waals surface area contributed by atoms with Crippen LogP contribution in [0.3, 0.4) is 0 Å². The van der Waals surface area contributed by atoms with Crippen LogP contribution in [0.5, 0.6) is 0 Å². The van der Waals surface area contributed by atoms with Crippen molar-refractivity contribution in [2.45, 2.75) is 32.6 Å². The molecule has 0 spiro atoms. The molecule has 2 aromatic carbocycles. The van der Waals surface area contributed by atoms with Crippen molar-refractivity contribution in [3.8, 4) is 0 Å². The van der Waals surface area contributed by atoms with E-state index in [0.717, 1.165) is 18.4 Å². The molecule has 2 amide bonds.